The number of carbonyl (C=O) groups excluding carboxylic acids is 6. The van der Waals surface area contributed by atoms with Gasteiger partial charge in [0.05, 0.1) is 18.0 Å². The van der Waals surface area contributed by atoms with Crippen molar-refractivity contribution in [2.45, 2.75) is 132 Å². The molecule has 0 radical (unpaired) electrons. The molecule has 15 heteroatoms. The summed E-state index contributed by atoms with van der Waals surface area (Å²) in [5.74, 6) is -1.50. The van der Waals surface area contributed by atoms with Crippen LogP contribution in [-0.2, 0) is 30.5 Å². The fourth-order valence-electron chi connectivity index (χ4n) is 5.97. The predicted octanol–water partition coefficient (Wildman–Crippen LogP) is 4.14. The number of amides is 7. The van der Waals surface area contributed by atoms with Gasteiger partial charge in [-0.2, -0.15) is 0 Å². The van der Waals surface area contributed by atoms with E-state index in [-0.39, 0.29) is 72.8 Å². The van der Waals surface area contributed by atoms with E-state index in [0.717, 1.165) is 12.0 Å². The van der Waals surface area contributed by atoms with Gasteiger partial charge in [0, 0.05) is 38.2 Å². The Morgan fingerprint density at radius 2 is 1.61 bits per heavy atom. The molecular weight excluding hydrogens is 694 g/mol. The van der Waals surface area contributed by atoms with Crippen molar-refractivity contribution in [2.75, 3.05) is 25.0 Å². The highest BCUT2D eigenvalue weighted by Gasteiger charge is 2.44. The van der Waals surface area contributed by atoms with E-state index < -0.39 is 36.3 Å². The summed E-state index contributed by atoms with van der Waals surface area (Å²) < 4.78 is 5.29. The summed E-state index contributed by atoms with van der Waals surface area (Å²) in [4.78, 5) is 76.1. The lowest BCUT2D eigenvalue weighted by Crippen LogP contribution is -2.57. The van der Waals surface area contributed by atoms with E-state index >= 15 is 0 Å². The molecule has 1 aliphatic heterocycles. The van der Waals surface area contributed by atoms with Crippen LogP contribution < -0.4 is 32.3 Å². The van der Waals surface area contributed by atoms with Gasteiger partial charge in [0.1, 0.15) is 12.8 Å². The van der Waals surface area contributed by atoms with E-state index in [1.807, 2.05) is 34.6 Å². The van der Waals surface area contributed by atoms with Crippen molar-refractivity contribution in [1.82, 2.24) is 26.2 Å². The molecule has 0 bridgehead atoms. The highest BCUT2D eigenvalue weighted by Crippen LogP contribution is 2.35. The molecule has 0 aromatic heterocycles. The summed E-state index contributed by atoms with van der Waals surface area (Å²) in [6.45, 7) is 16.9. The molecule has 0 saturated carbocycles. The molecule has 1 aromatic carbocycles. The first-order valence-electron chi connectivity index (χ1n) is 19.1. The number of carbonyl (C=O) groups is 6. The van der Waals surface area contributed by atoms with E-state index in [4.69, 9.17) is 10.5 Å². The average molecular weight is 760 g/mol. The zero-order chi connectivity index (χ0) is 40.6. The molecule has 8 N–H and O–H groups in total. The van der Waals surface area contributed by atoms with E-state index in [1.165, 1.54) is 4.90 Å². The van der Waals surface area contributed by atoms with Gasteiger partial charge in [-0.15, -0.1) is 0 Å². The molecule has 1 aromatic rings. The molecule has 7 amide bonds. The van der Waals surface area contributed by atoms with Crippen molar-refractivity contribution < 1.29 is 38.6 Å². The van der Waals surface area contributed by atoms with Gasteiger partial charge >= 0.3 is 12.1 Å². The highest BCUT2D eigenvalue weighted by molar-refractivity contribution is 6.03. The molecule has 54 heavy (non-hydrogen) atoms. The standard InChI is InChI=1S/C39H65N7O8/c1-25(2)32(45-30(47)14-10-9-11-22-46-31(48)23-28(35(46)51)39(6,7)8)34(50)44-29(13-12-20-41-36(40)52)33(49)43-27-17-15-26(16-18-27)24-54-37(53)42-21-19-38(3,4)5/h15-18,25,28-29,32,34,44,50H,9-14,19-24H2,1-8H3,(H,42,53)(H,43,49)(H,45,47)(H3,40,41,52)/t28?,29-,32?,34?/m0/s1. The number of urea groups is 1. The number of nitrogens with zero attached hydrogens (tertiary/aromatic N) is 1. The highest BCUT2D eigenvalue weighted by atomic mass is 16.5. The second-order valence-electron chi connectivity index (χ2n) is 16.8. The van der Waals surface area contributed by atoms with Crippen LogP contribution in [-0.4, -0.2) is 83.7 Å². The van der Waals surface area contributed by atoms with Crippen molar-refractivity contribution >= 4 is 41.4 Å². The smallest absolute Gasteiger partial charge is 0.407 e. The van der Waals surface area contributed by atoms with Crippen LogP contribution in [0.4, 0.5) is 15.3 Å². The minimum atomic E-state index is -1.29. The number of hydrogen-bond acceptors (Lipinski definition) is 9. The zero-order valence-corrected chi connectivity index (χ0v) is 33.5. The lowest BCUT2D eigenvalue weighted by atomic mass is 9.80. The van der Waals surface area contributed by atoms with Gasteiger partial charge in [0.15, 0.2) is 0 Å². The minimum Gasteiger partial charge on any atom is -0.445 e. The van der Waals surface area contributed by atoms with Crippen LogP contribution in [0.25, 0.3) is 0 Å². The number of aliphatic hydroxyl groups excluding tert-OH is 1. The van der Waals surface area contributed by atoms with Crippen molar-refractivity contribution in [2.24, 2.45) is 28.4 Å². The summed E-state index contributed by atoms with van der Waals surface area (Å²) in [6, 6.07) is 4.49. The van der Waals surface area contributed by atoms with Crippen LogP contribution in [0.5, 0.6) is 0 Å². The Labute approximate surface area is 320 Å². The van der Waals surface area contributed by atoms with Gasteiger partial charge < -0.3 is 36.8 Å². The number of alkyl carbamates (subject to hydrolysis) is 1. The van der Waals surface area contributed by atoms with Crippen LogP contribution in [0.1, 0.15) is 112 Å². The lowest BCUT2D eigenvalue weighted by molar-refractivity contribution is -0.140. The Bertz CT molecular complexity index is 1400. The number of aliphatic hydroxyl groups is 1. The van der Waals surface area contributed by atoms with E-state index in [1.54, 1.807) is 24.3 Å². The normalized spacial score (nSPS) is 16.5. The zero-order valence-electron chi connectivity index (χ0n) is 33.5. The Balaban J connectivity index is 1.92. The number of imide groups is 1. The third kappa shape index (κ3) is 16.8. The summed E-state index contributed by atoms with van der Waals surface area (Å²) in [5, 5.41) is 25.2. The monoisotopic (exact) mass is 759 g/mol. The average Bonchev–Trinajstić information content (AvgIpc) is 3.36. The summed E-state index contributed by atoms with van der Waals surface area (Å²) >= 11 is 0. The number of unbranched alkanes of at least 4 members (excludes halogenated alkanes) is 2. The molecule has 1 saturated heterocycles. The van der Waals surface area contributed by atoms with E-state index in [2.05, 4.69) is 47.4 Å². The number of hydrogen-bond donors (Lipinski definition) is 7. The Kier molecular flexibility index (Phi) is 18.4. The molecule has 1 heterocycles. The summed E-state index contributed by atoms with van der Waals surface area (Å²) in [7, 11) is 0. The van der Waals surface area contributed by atoms with Crippen molar-refractivity contribution in [3.8, 4) is 0 Å². The van der Waals surface area contributed by atoms with Crippen LogP contribution in [0.15, 0.2) is 24.3 Å². The first kappa shape index (κ1) is 45.9. The molecule has 3 unspecified atom stereocenters. The molecule has 2 rings (SSSR count). The molecule has 304 valence electrons. The van der Waals surface area contributed by atoms with Crippen molar-refractivity contribution in [1.29, 1.82) is 0 Å². The second-order valence-corrected chi connectivity index (χ2v) is 16.8. The van der Waals surface area contributed by atoms with Crippen molar-refractivity contribution in [3.05, 3.63) is 29.8 Å². The first-order chi connectivity index (χ1) is 25.2. The number of ether oxygens (including phenoxy) is 1. The van der Waals surface area contributed by atoms with Gasteiger partial charge in [0.2, 0.25) is 23.6 Å². The first-order valence-corrected chi connectivity index (χ1v) is 19.1. The third-order valence-electron chi connectivity index (χ3n) is 9.35. The quantitative estimate of drug-likeness (QED) is 0.0543. The maximum Gasteiger partial charge on any atom is 0.407 e. The Morgan fingerprint density at radius 3 is 2.19 bits per heavy atom. The Morgan fingerprint density at radius 1 is 0.944 bits per heavy atom. The van der Waals surface area contributed by atoms with Gasteiger partial charge in [-0.1, -0.05) is 73.9 Å². The predicted molar refractivity (Wildman–Crippen MR) is 207 cm³/mol. The van der Waals surface area contributed by atoms with Crippen LogP contribution in [0.3, 0.4) is 0 Å². The SMILES string of the molecule is CC(C)C(NC(=O)CCCCCN1C(=O)CC(C(C)(C)C)C1=O)C(O)N[C@@H](CCCNC(N)=O)C(=O)Nc1ccc(COC(=O)NCCC(C)(C)C)cc1. The number of nitrogens with one attached hydrogen (secondary N) is 5. The fourth-order valence-corrected chi connectivity index (χ4v) is 5.97. The fraction of sp³-hybridized carbons (Fsp3) is 0.692. The molecular formula is C39H65N7O8. The molecule has 1 aliphatic rings. The lowest BCUT2D eigenvalue weighted by Gasteiger charge is -2.31. The number of rotatable bonds is 21. The van der Waals surface area contributed by atoms with Crippen molar-refractivity contribution in [3.63, 3.8) is 0 Å². The summed E-state index contributed by atoms with van der Waals surface area (Å²) in [6.07, 6.45) is 1.81. The van der Waals surface area contributed by atoms with Gasteiger partial charge in [-0.25, -0.2) is 9.59 Å². The van der Waals surface area contributed by atoms with Gasteiger partial charge in [-0.3, -0.25) is 29.4 Å². The van der Waals surface area contributed by atoms with E-state index in [9.17, 15) is 33.9 Å². The number of nitrogens with two attached hydrogens (primary N) is 1. The van der Waals surface area contributed by atoms with Crippen LogP contribution in [0, 0.1) is 22.7 Å². The topological polar surface area (TPSA) is 221 Å². The number of anilines is 1. The van der Waals surface area contributed by atoms with Crippen LogP contribution in [0.2, 0.25) is 0 Å². The maximum absolute atomic E-state index is 13.5. The Hall–Kier alpha value is -4.24. The molecule has 4 atom stereocenters. The molecule has 0 spiro atoms. The number of likely N-dealkylation sites (tertiary alicyclic amines) is 1. The third-order valence-corrected chi connectivity index (χ3v) is 9.35. The number of benzene rings is 1. The van der Waals surface area contributed by atoms with Gasteiger partial charge in [-0.05, 0) is 66.5 Å². The van der Waals surface area contributed by atoms with Gasteiger partial charge in [0.25, 0.3) is 0 Å². The van der Waals surface area contributed by atoms with Crippen LogP contribution >= 0.6 is 0 Å². The number of primary amides is 1. The summed E-state index contributed by atoms with van der Waals surface area (Å²) in [5.41, 5.74) is 6.20. The van der Waals surface area contributed by atoms with E-state index in [0.29, 0.717) is 44.5 Å². The minimum absolute atomic E-state index is 0.0553. The maximum atomic E-state index is 13.5. The molecule has 1 fully saturated rings. The largest absolute Gasteiger partial charge is 0.445 e. The molecule has 15 nitrogen and oxygen atoms in total. The second kappa shape index (κ2) is 21.6. The molecule has 0 aliphatic carbocycles.